The molecule has 4 aliphatic rings. The van der Waals surface area contributed by atoms with E-state index in [-0.39, 0.29) is 10.8 Å². The zero-order valence-corrected chi connectivity index (χ0v) is 73.6. The lowest BCUT2D eigenvalue weighted by atomic mass is 9.47. The Balaban J connectivity index is 0.000000253. The Bertz CT molecular complexity index is 3700. The molecule has 4 aliphatic carbocycles. The van der Waals surface area contributed by atoms with Crippen molar-refractivity contribution >= 4 is 23.2 Å². The van der Waals surface area contributed by atoms with Gasteiger partial charge in [-0.2, -0.15) is 0 Å². The molecule has 0 spiro atoms. The van der Waals surface area contributed by atoms with E-state index in [4.69, 9.17) is 23.2 Å². The highest BCUT2D eigenvalue weighted by Crippen LogP contribution is 2.62. The molecule has 2 heteroatoms. The average molecular weight is 1450 g/mol. The third-order valence-corrected chi connectivity index (χ3v) is 22.7. The molecule has 4 bridgehead atoms. The number of hydrogen-bond acceptors (Lipinski definition) is 0. The van der Waals surface area contributed by atoms with Crippen LogP contribution in [0.1, 0.15) is 366 Å². The van der Waals surface area contributed by atoms with Crippen molar-refractivity contribution in [3.05, 3.63) is 268 Å². The predicted molar refractivity (Wildman–Crippen MR) is 469 cm³/mol. The smallest absolute Gasteiger partial charge is 0.0443 e. The van der Waals surface area contributed by atoms with Gasteiger partial charge in [0.05, 0.1) is 0 Å². The van der Waals surface area contributed by atoms with Crippen molar-refractivity contribution in [2.75, 3.05) is 0 Å². The monoisotopic (exact) mass is 1440 g/mol. The Morgan fingerprint density at radius 2 is 0.635 bits per heavy atom. The third kappa shape index (κ3) is 26.6. The van der Waals surface area contributed by atoms with E-state index >= 15 is 0 Å². The molecule has 570 valence electrons. The van der Waals surface area contributed by atoms with Gasteiger partial charge in [-0.25, -0.2) is 0 Å². The lowest BCUT2D eigenvalue weighted by Gasteiger charge is -2.58. The zero-order valence-electron chi connectivity index (χ0n) is 72.1. The lowest BCUT2D eigenvalue weighted by Crippen LogP contribution is -2.48. The van der Waals surface area contributed by atoms with Gasteiger partial charge in [-0.05, 0) is 286 Å². The molecule has 0 saturated heterocycles. The highest BCUT2D eigenvalue weighted by Gasteiger charge is 2.52. The maximum absolute atomic E-state index is 6.02. The molecule has 0 aromatic heterocycles. The summed E-state index contributed by atoms with van der Waals surface area (Å²) < 4.78 is 0. The number of rotatable bonds is 11. The largest absolute Gasteiger partial charge is 0.0840 e. The van der Waals surface area contributed by atoms with Crippen LogP contribution < -0.4 is 0 Å². The minimum Gasteiger partial charge on any atom is -0.0840 e. The van der Waals surface area contributed by atoms with Crippen molar-refractivity contribution in [2.45, 2.75) is 324 Å². The molecule has 0 nitrogen and oxygen atoms in total. The molecule has 0 unspecified atom stereocenters. The maximum Gasteiger partial charge on any atom is 0.0443 e. The first kappa shape index (κ1) is 90.7. The summed E-state index contributed by atoms with van der Waals surface area (Å²) in [7, 11) is 0. The van der Waals surface area contributed by atoms with E-state index < -0.39 is 0 Å². The fourth-order valence-electron chi connectivity index (χ4n) is 17.6. The molecule has 0 N–H and O–H groups in total. The summed E-state index contributed by atoms with van der Waals surface area (Å²) >= 11 is 11.9. The van der Waals surface area contributed by atoms with Crippen LogP contribution in [0, 0.1) is 70.6 Å². The molecule has 0 amide bonds. The second-order valence-corrected chi connectivity index (χ2v) is 37.3. The highest BCUT2D eigenvalue weighted by atomic mass is 35.5. The summed E-state index contributed by atoms with van der Waals surface area (Å²) in [5.74, 6) is 9.72. The summed E-state index contributed by atoms with van der Waals surface area (Å²) in [6.07, 6.45) is 9.51. The van der Waals surface area contributed by atoms with Gasteiger partial charge in [0.1, 0.15) is 0 Å². The number of benzene rings is 8. The Kier molecular flexibility index (Phi) is 36.3. The topological polar surface area (TPSA) is 0 Å². The van der Waals surface area contributed by atoms with Crippen LogP contribution in [-0.4, -0.2) is 0 Å². The molecule has 8 aromatic rings. The van der Waals surface area contributed by atoms with Crippen LogP contribution >= 0.6 is 23.2 Å². The van der Waals surface area contributed by atoms with Crippen LogP contribution in [0.25, 0.3) is 11.1 Å². The third-order valence-electron chi connectivity index (χ3n) is 22.1. The van der Waals surface area contributed by atoms with E-state index in [1.165, 1.54) is 100 Å². The standard InChI is InChI=1S/C18H22.C15H24.C13H22.C13H20.2C12H18.C10H13Cl.C9H11Cl/c1-12(2)16-8-6-7-9-17(16)18-14(4)10-13(3)11-15(18)5;1-10(2)13-8-7-9-14(11(3)4)15(13)12(5)6;1-9(2)13-6-10-3-11(7-13)5-12(4-10)8-13;1-10(2)11-8-6-7-9-12(11)13(3,4)5;1-9-7-6-8-10(2)11(9)12(3,4)5;1-9(2)11-7-5-6-8-12(11)10(3)4;1-7(2)10-8(3)5-4-6-9(10)11;1-7(2)8-5-3-4-6-9(8)10/h6-12H,1-5H3;7-12H,1-6H3;9-12H,3-8H2,1-2H3;6-10H,1-5H3;6-8H,1-5H3;5-10H,1-4H3;4-7H,1-3H3;3-7H,1-2H3. The van der Waals surface area contributed by atoms with Gasteiger partial charge in [-0.15, -0.1) is 0 Å². The molecule has 4 fully saturated rings. The zero-order chi connectivity index (χ0) is 78.5. The minimum absolute atomic E-state index is 0.265. The molecule has 104 heavy (non-hydrogen) atoms. The van der Waals surface area contributed by atoms with E-state index in [9.17, 15) is 0 Å². The van der Waals surface area contributed by atoms with Gasteiger partial charge < -0.3 is 0 Å². The quantitative estimate of drug-likeness (QED) is 0.121. The van der Waals surface area contributed by atoms with Crippen LogP contribution in [0.4, 0.5) is 0 Å². The van der Waals surface area contributed by atoms with Gasteiger partial charge in [0.15, 0.2) is 0 Å². The molecule has 4 saturated carbocycles. The highest BCUT2D eigenvalue weighted by molar-refractivity contribution is 6.31. The normalized spacial score (nSPS) is 16.6. The van der Waals surface area contributed by atoms with Gasteiger partial charge in [-0.1, -0.05) is 360 Å². The van der Waals surface area contributed by atoms with Gasteiger partial charge in [0, 0.05) is 10.0 Å². The van der Waals surface area contributed by atoms with Crippen LogP contribution in [0.5, 0.6) is 0 Å². The summed E-state index contributed by atoms with van der Waals surface area (Å²) in [4.78, 5) is 0. The molecule has 8 aromatic carbocycles. The first-order valence-corrected chi connectivity index (χ1v) is 41.2. The second kappa shape index (κ2) is 41.6. The van der Waals surface area contributed by atoms with Crippen LogP contribution in [0.3, 0.4) is 0 Å². The SMILES string of the molecule is CC(C)C12CC3CC(CC(C3)C1)C2.CC(C)c1cccc(C(C)C)c1C(C)C.CC(C)c1ccccc1C(C)(C)C.CC(C)c1ccccc1C(C)C.CC(C)c1ccccc1Cl.Cc1cc(C)c(-c2ccccc2C(C)C)c(C)c1.Cc1cccc(C)c1C(C)(C)C.Cc1cccc(Cl)c1C(C)C. The van der Waals surface area contributed by atoms with E-state index in [0.717, 1.165) is 39.1 Å². The van der Waals surface area contributed by atoms with E-state index in [1.807, 2.05) is 30.3 Å². The van der Waals surface area contributed by atoms with Crippen molar-refractivity contribution in [1.82, 2.24) is 0 Å². The first-order chi connectivity index (χ1) is 48.4. The van der Waals surface area contributed by atoms with Crippen LogP contribution in [-0.2, 0) is 10.8 Å². The fraction of sp³-hybridized carbons (Fsp3) is 0.529. The molecule has 12 rings (SSSR count). The lowest BCUT2D eigenvalue weighted by molar-refractivity contribution is -0.0789. The fourth-order valence-corrected chi connectivity index (χ4v) is 18.3. The summed E-state index contributed by atoms with van der Waals surface area (Å²) in [5.41, 5.74) is 28.3. The van der Waals surface area contributed by atoms with Gasteiger partial charge >= 0.3 is 0 Å². The molecular formula is C102H148Cl2. The molecular weight excluding hydrogens is 1300 g/mol. The van der Waals surface area contributed by atoms with Crippen LogP contribution in [0.15, 0.2) is 164 Å². The minimum atomic E-state index is 0.265. The van der Waals surface area contributed by atoms with Crippen LogP contribution in [0.2, 0.25) is 10.0 Å². The van der Waals surface area contributed by atoms with E-state index in [0.29, 0.717) is 53.3 Å². The first-order valence-electron chi connectivity index (χ1n) is 40.5. The van der Waals surface area contributed by atoms with E-state index in [1.54, 1.807) is 44.1 Å². The van der Waals surface area contributed by atoms with Gasteiger partial charge in [-0.3, -0.25) is 0 Å². The summed E-state index contributed by atoms with van der Waals surface area (Å²) in [5, 5.41) is 1.76. The van der Waals surface area contributed by atoms with Gasteiger partial charge in [0.2, 0.25) is 0 Å². The maximum atomic E-state index is 6.02. The second-order valence-electron chi connectivity index (χ2n) is 36.5. The number of hydrogen-bond donors (Lipinski definition) is 0. The summed E-state index contributed by atoms with van der Waals surface area (Å²) in [6.45, 7) is 72.0. The Morgan fingerprint density at radius 1 is 0.308 bits per heavy atom. The number of halogens is 2. The van der Waals surface area contributed by atoms with Crippen molar-refractivity contribution in [2.24, 2.45) is 29.1 Å². The molecule has 0 heterocycles. The Labute approximate surface area is 651 Å². The average Bonchev–Trinajstić information content (AvgIpc) is 0.745. The van der Waals surface area contributed by atoms with Crippen molar-refractivity contribution in [3.8, 4) is 11.1 Å². The molecule has 0 atom stereocenters. The molecule has 0 aliphatic heterocycles. The van der Waals surface area contributed by atoms with E-state index in [2.05, 4.69) is 355 Å². The van der Waals surface area contributed by atoms with Crippen molar-refractivity contribution < 1.29 is 0 Å². The summed E-state index contributed by atoms with van der Waals surface area (Å²) in [6, 6.07) is 58.1. The Morgan fingerprint density at radius 3 is 0.962 bits per heavy atom. The Hall–Kier alpha value is -5.66. The van der Waals surface area contributed by atoms with Crippen molar-refractivity contribution in [3.63, 3.8) is 0 Å². The van der Waals surface area contributed by atoms with Crippen molar-refractivity contribution in [1.29, 1.82) is 0 Å². The molecule has 0 radical (unpaired) electrons. The van der Waals surface area contributed by atoms with Gasteiger partial charge in [0.25, 0.3) is 0 Å². The number of aryl methyl sites for hydroxylation is 6. The predicted octanol–water partition coefficient (Wildman–Crippen LogP) is 33.2.